The Balaban J connectivity index is 1.90. The van der Waals surface area contributed by atoms with Gasteiger partial charge in [0, 0.05) is 12.4 Å². The van der Waals surface area contributed by atoms with Crippen LogP contribution in [0.3, 0.4) is 0 Å². The smallest absolute Gasteiger partial charge is 0.334 e. The summed E-state index contributed by atoms with van der Waals surface area (Å²) >= 11 is 0. The largest absolute Gasteiger partial charge is 0.354 e. The Morgan fingerprint density at radius 3 is 2.66 bits per heavy atom. The van der Waals surface area contributed by atoms with E-state index >= 15 is 0 Å². The lowest BCUT2D eigenvalue weighted by atomic mass is 10.2. The second kappa shape index (κ2) is 8.87. The van der Waals surface area contributed by atoms with Gasteiger partial charge in [-0.25, -0.2) is 4.98 Å². The molecule has 0 bridgehead atoms. The number of carbonyl (C=O) groups excluding carboxylic acids is 1. The van der Waals surface area contributed by atoms with Crippen molar-refractivity contribution in [2.75, 3.05) is 6.61 Å². The zero-order chi connectivity index (χ0) is 20.9. The zero-order valence-corrected chi connectivity index (χ0v) is 16.2. The normalized spacial score (nSPS) is 14.0. The number of nitrogens with one attached hydrogen (secondary N) is 2. The zero-order valence-electron chi connectivity index (χ0n) is 15.3. The lowest BCUT2D eigenvalue weighted by Gasteiger charge is -2.23. The predicted molar refractivity (Wildman–Crippen MR) is 104 cm³/mol. The molecule has 2 atom stereocenters. The van der Waals surface area contributed by atoms with Gasteiger partial charge < -0.3 is 19.7 Å². The van der Waals surface area contributed by atoms with E-state index in [4.69, 9.17) is 4.52 Å². The number of aromatic amines is 1. The van der Waals surface area contributed by atoms with Gasteiger partial charge in [0.25, 0.3) is 11.5 Å². The fourth-order valence-corrected chi connectivity index (χ4v) is 3.91. The first-order valence-electron chi connectivity index (χ1n) is 8.62. The third-order valence-electron chi connectivity index (χ3n) is 3.88. The minimum Gasteiger partial charge on any atom is -0.334 e. The summed E-state index contributed by atoms with van der Waals surface area (Å²) in [5, 5.41) is 9.95. The number of carbonyl (C=O) groups is 1. The van der Waals surface area contributed by atoms with Crippen molar-refractivity contribution in [3.05, 3.63) is 76.3 Å². The van der Waals surface area contributed by atoms with Crippen molar-refractivity contribution in [1.29, 1.82) is 0 Å². The number of nitrogens with zero attached hydrogens (tertiary/aromatic N) is 3. The van der Waals surface area contributed by atoms with Gasteiger partial charge in [0.05, 0.1) is 6.61 Å². The average molecular weight is 415 g/mol. The van der Waals surface area contributed by atoms with E-state index in [2.05, 4.69) is 25.5 Å². The first-order chi connectivity index (χ1) is 13.9. The van der Waals surface area contributed by atoms with Crippen LogP contribution in [0.1, 0.15) is 28.6 Å². The second-order valence-corrected chi connectivity index (χ2v) is 7.75. The highest BCUT2D eigenvalue weighted by Gasteiger charge is 2.35. The maximum atomic E-state index is 12.7. The Morgan fingerprint density at radius 2 is 2.03 bits per heavy atom. The lowest BCUT2D eigenvalue weighted by Crippen LogP contribution is -2.33. The number of benzene rings is 1. The molecule has 2 heterocycles. The highest BCUT2D eigenvalue weighted by atomic mass is 31.2. The Morgan fingerprint density at radius 1 is 1.28 bits per heavy atom. The molecule has 0 saturated heterocycles. The van der Waals surface area contributed by atoms with Crippen LogP contribution in [-0.4, -0.2) is 37.6 Å². The monoisotopic (exact) mass is 415 g/mol. The molecule has 1 unspecified atom stereocenters. The summed E-state index contributed by atoms with van der Waals surface area (Å²) in [7, 11) is -4.25. The highest BCUT2D eigenvalue weighted by Crippen LogP contribution is 2.54. The fourth-order valence-electron chi connectivity index (χ4n) is 2.56. The van der Waals surface area contributed by atoms with E-state index in [0.717, 1.165) is 6.20 Å². The van der Waals surface area contributed by atoms with Crippen molar-refractivity contribution in [2.45, 2.75) is 12.7 Å². The number of hydrogen-bond acceptors (Lipinski definition) is 7. The van der Waals surface area contributed by atoms with E-state index in [0.29, 0.717) is 11.3 Å². The molecule has 29 heavy (non-hydrogen) atoms. The van der Waals surface area contributed by atoms with Crippen LogP contribution in [0.5, 0.6) is 0 Å². The molecule has 1 aromatic carbocycles. The van der Waals surface area contributed by atoms with Crippen LogP contribution in [0, 0.1) is 0 Å². The molecule has 0 saturated carbocycles. The van der Waals surface area contributed by atoms with Gasteiger partial charge >= 0.3 is 7.60 Å². The summed E-state index contributed by atoms with van der Waals surface area (Å²) in [4.78, 5) is 41.8. The number of amides is 1. The molecule has 10 nitrogen and oxygen atoms in total. The topological polar surface area (TPSA) is 147 Å². The SMILES string of the molecule is CCOP(=O)(O)[C@H](NC(=O)c1cnc(-c2cccnn2)[nH]c1=O)c1ccccc1. The van der Waals surface area contributed by atoms with E-state index in [9.17, 15) is 19.0 Å². The van der Waals surface area contributed by atoms with Crippen LogP contribution in [0.25, 0.3) is 11.5 Å². The average Bonchev–Trinajstić information content (AvgIpc) is 2.73. The van der Waals surface area contributed by atoms with Crippen molar-refractivity contribution in [2.24, 2.45) is 0 Å². The van der Waals surface area contributed by atoms with E-state index in [1.165, 1.54) is 6.20 Å². The molecule has 1 amide bonds. The maximum absolute atomic E-state index is 12.7. The second-order valence-electron chi connectivity index (χ2n) is 5.85. The van der Waals surface area contributed by atoms with Gasteiger partial charge in [-0.2, -0.15) is 5.10 Å². The molecule has 3 aromatic rings. The molecule has 0 aliphatic rings. The van der Waals surface area contributed by atoms with Crippen molar-refractivity contribution in [3.63, 3.8) is 0 Å². The molecule has 0 aliphatic carbocycles. The van der Waals surface area contributed by atoms with Crippen LogP contribution in [0.4, 0.5) is 0 Å². The van der Waals surface area contributed by atoms with Gasteiger partial charge in [-0.05, 0) is 24.6 Å². The Labute approximate surface area is 165 Å². The predicted octanol–water partition coefficient (Wildman–Crippen LogP) is 1.88. The van der Waals surface area contributed by atoms with Crippen molar-refractivity contribution in [3.8, 4) is 11.5 Å². The minimum absolute atomic E-state index is 0.0259. The Hall–Kier alpha value is -3.20. The molecule has 150 valence electrons. The number of aromatic nitrogens is 4. The quantitative estimate of drug-likeness (QED) is 0.496. The van der Waals surface area contributed by atoms with Crippen LogP contribution >= 0.6 is 7.60 Å². The van der Waals surface area contributed by atoms with E-state index < -0.39 is 24.8 Å². The molecular formula is C18H18N5O5P. The van der Waals surface area contributed by atoms with Crippen molar-refractivity contribution in [1.82, 2.24) is 25.5 Å². The van der Waals surface area contributed by atoms with Gasteiger partial charge in [-0.15, -0.1) is 5.10 Å². The number of hydrogen-bond donors (Lipinski definition) is 3. The molecule has 0 fully saturated rings. The summed E-state index contributed by atoms with van der Waals surface area (Å²) < 4.78 is 17.6. The minimum atomic E-state index is -4.25. The van der Waals surface area contributed by atoms with Crippen LogP contribution < -0.4 is 10.9 Å². The highest BCUT2D eigenvalue weighted by molar-refractivity contribution is 7.53. The lowest BCUT2D eigenvalue weighted by molar-refractivity contribution is 0.0938. The van der Waals surface area contributed by atoms with Gasteiger partial charge in [-0.3, -0.25) is 14.2 Å². The summed E-state index contributed by atoms with van der Waals surface area (Å²) in [5.41, 5.74) is -0.361. The number of rotatable bonds is 7. The van der Waals surface area contributed by atoms with E-state index in [1.807, 2.05) is 0 Å². The van der Waals surface area contributed by atoms with Gasteiger partial charge in [0.15, 0.2) is 11.6 Å². The van der Waals surface area contributed by atoms with Crippen LogP contribution in [0.15, 0.2) is 59.7 Å². The van der Waals surface area contributed by atoms with E-state index in [1.54, 1.807) is 49.4 Å². The number of H-pyrrole nitrogens is 1. The summed E-state index contributed by atoms with van der Waals surface area (Å²) in [6, 6.07) is 11.4. The summed E-state index contributed by atoms with van der Waals surface area (Å²) in [6.45, 7) is 1.54. The third kappa shape index (κ3) is 4.80. The van der Waals surface area contributed by atoms with Crippen LogP contribution in [0.2, 0.25) is 0 Å². The molecule has 0 spiro atoms. The van der Waals surface area contributed by atoms with Gasteiger partial charge in [-0.1, -0.05) is 30.3 Å². The van der Waals surface area contributed by atoms with Crippen molar-refractivity contribution < 1.29 is 18.8 Å². The molecule has 0 aliphatic heterocycles. The first kappa shape index (κ1) is 20.5. The molecule has 0 radical (unpaired) electrons. The van der Waals surface area contributed by atoms with E-state index in [-0.39, 0.29) is 18.0 Å². The first-order valence-corrected chi connectivity index (χ1v) is 10.3. The third-order valence-corrected chi connectivity index (χ3v) is 5.59. The van der Waals surface area contributed by atoms with Crippen molar-refractivity contribution >= 4 is 13.5 Å². The maximum Gasteiger partial charge on any atom is 0.354 e. The molecule has 3 rings (SSSR count). The van der Waals surface area contributed by atoms with Gasteiger partial charge in [0.1, 0.15) is 11.3 Å². The summed E-state index contributed by atoms with van der Waals surface area (Å²) in [6.07, 6.45) is 2.54. The van der Waals surface area contributed by atoms with Gasteiger partial charge in [0.2, 0.25) is 0 Å². The molecule has 2 aromatic heterocycles. The fraction of sp³-hybridized carbons (Fsp3) is 0.167. The summed E-state index contributed by atoms with van der Waals surface area (Å²) in [5.74, 6) is -2.08. The Kier molecular flexibility index (Phi) is 6.28. The standard InChI is InChI=1S/C18H18N5O5P/c1-2-28-29(26,27)18(12-7-4-3-5-8-12)22-17(25)13-11-19-15(21-16(13)24)14-9-6-10-20-23-14/h3-11,18H,2H2,1H3,(H,22,25)(H,26,27)(H,19,21,24)/t18-/m0/s1. The Bertz CT molecular complexity index is 1090. The molecular weight excluding hydrogens is 397 g/mol. The van der Waals surface area contributed by atoms with Crippen LogP contribution in [-0.2, 0) is 9.09 Å². The molecule has 3 N–H and O–H groups in total. The molecule has 11 heteroatoms.